The van der Waals surface area contributed by atoms with Gasteiger partial charge >= 0.3 is 5.97 Å². The summed E-state index contributed by atoms with van der Waals surface area (Å²) in [4.78, 5) is 24.0. The molecule has 1 saturated heterocycles. The van der Waals surface area contributed by atoms with Crippen LogP contribution in [0.5, 0.6) is 0 Å². The van der Waals surface area contributed by atoms with Gasteiger partial charge < -0.3 is 15.7 Å². The zero-order chi connectivity index (χ0) is 14.0. The van der Waals surface area contributed by atoms with Gasteiger partial charge in [0.1, 0.15) is 12.1 Å². The number of carbonyl (C=O) groups is 2. The fourth-order valence-electron chi connectivity index (χ4n) is 2.36. The Bertz CT molecular complexity index is 577. The smallest absolute Gasteiger partial charge is 0.335 e. The lowest BCUT2D eigenvalue weighted by atomic mass is 10.1. The van der Waals surface area contributed by atoms with Crippen LogP contribution in [-0.4, -0.2) is 29.6 Å². The molecule has 1 aliphatic rings. The molecule has 1 aromatic rings. The Balaban J connectivity index is 2.42. The number of nitrogens with two attached hydrogens (primary N) is 1. The van der Waals surface area contributed by atoms with Gasteiger partial charge in [-0.3, -0.25) is 4.79 Å². The van der Waals surface area contributed by atoms with E-state index in [0.29, 0.717) is 18.7 Å². The number of aromatic carboxylic acids is 1. The molecule has 1 aromatic carbocycles. The van der Waals surface area contributed by atoms with Crippen LogP contribution in [0.15, 0.2) is 18.2 Å². The Hall–Kier alpha value is -2.55. The summed E-state index contributed by atoms with van der Waals surface area (Å²) in [5.41, 5.74) is 6.20. The number of carbonyl (C=O) groups excluding carboxylic acids is 1. The Kier molecular flexibility index (Phi) is 3.38. The molecule has 0 spiro atoms. The molecule has 2 rings (SSSR count). The molecule has 19 heavy (non-hydrogen) atoms. The number of anilines is 1. The van der Waals surface area contributed by atoms with Crippen molar-refractivity contribution in [2.24, 2.45) is 5.73 Å². The number of primary amides is 1. The molecule has 6 heteroatoms. The van der Waals surface area contributed by atoms with Crippen molar-refractivity contribution in [1.29, 1.82) is 5.26 Å². The van der Waals surface area contributed by atoms with E-state index in [1.807, 2.05) is 6.07 Å². The van der Waals surface area contributed by atoms with Crippen molar-refractivity contribution in [2.75, 3.05) is 11.4 Å². The van der Waals surface area contributed by atoms with Gasteiger partial charge in [-0.2, -0.15) is 5.26 Å². The van der Waals surface area contributed by atoms with E-state index >= 15 is 0 Å². The number of carboxylic acid groups (broad SMARTS) is 1. The number of nitrogens with zero attached hydrogens (tertiary/aromatic N) is 2. The topological polar surface area (TPSA) is 107 Å². The van der Waals surface area contributed by atoms with E-state index in [2.05, 4.69) is 0 Å². The van der Waals surface area contributed by atoms with Crippen LogP contribution in [0.3, 0.4) is 0 Å². The fourth-order valence-corrected chi connectivity index (χ4v) is 2.36. The monoisotopic (exact) mass is 259 g/mol. The largest absolute Gasteiger partial charge is 0.478 e. The predicted octanol–water partition coefficient (Wildman–Crippen LogP) is 0.711. The molecule has 1 amide bonds. The van der Waals surface area contributed by atoms with Crippen LogP contribution >= 0.6 is 0 Å². The Morgan fingerprint density at radius 1 is 1.47 bits per heavy atom. The highest BCUT2D eigenvalue weighted by atomic mass is 16.4. The number of hydrogen-bond donors (Lipinski definition) is 2. The standard InChI is InChI=1S/C13H13N3O3/c14-7-9-6-8(13(18)19)3-4-10(9)16-5-1-2-11(16)12(15)17/h3-4,6,11H,1-2,5H2,(H2,15,17)(H,18,19). The maximum atomic E-state index is 11.4. The first-order chi connectivity index (χ1) is 9.04. The molecule has 0 saturated carbocycles. The van der Waals surface area contributed by atoms with Crippen LogP contribution < -0.4 is 10.6 Å². The van der Waals surface area contributed by atoms with Gasteiger partial charge in [-0.1, -0.05) is 0 Å². The molecule has 0 radical (unpaired) electrons. The summed E-state index contributed by atoms with van der Waals surface area (Å²) < 4.78 is 0. The number of amides is 1. The molecule has 0 aromatic heterocycles. The van der Waals surface area contributed by atoms with Gasteiger partial charge in [0.05, 0.1) is 16.8 Å². The second kappa shape index (κ2) is 4.98. The third-order valence-corrected chi connectivity index (χ3v) is 3.25. The molecule has 1 fully saturated rings. The van der Waals surface area contributed by atoms with Crippen molar-refractivity contribution in [1.82, 2.24) is 0 Å². The maximum absolute atomic E-state index is 11.4. The lowest BCUT2D eigenvalue weighted by Gasteiger charge is -2.25. The molecule has 0 bridgehead atoms. The van der Waals surface area contributed by atoms with E-state index in [-0.39, 0.29) is 11.1 Å². The van der Waals surface area contributed by atoms with E-state index in [9.17, 15) is 9.59 Å². The molecular weight excluding hydrogens is 246 g/mol. The molecule has 1 unspecified atom stereocenters. The van der Waals surface area contributed by atoms with Crippen molar-refractivity contribution in [2.45, 2.75) is 18.9 Å². The van der Waals surface area contributed by atoms with Crippen molar-refractivity contribution in [3.05, 3.63) is 29.3 Å². The zero-order valence-electron chi connectivity index (χ0n) is 10.2. The summed E-state index contributed by atoms with van der Waals surface area (Å²) in [6.07, 6.45) is 1.47. The van der Waals surface area contributed by atoms with Crippen molar-refractivity contribution >= 4 is 17.6 Å². The van der Waals surface area contributed by atoms with E-state index in [1.54, 1.807) is 11.0 Å². The quantitative estimate of drug-likeness (QED) is 0.831. The van der Waals surface area contributed by atoms with E-state index in [1.165, 1.54) is 12.1 Å². The Morgan fingerprint density at radius 2 is 2.21 bits per heavy atom. The van der Waals surface area contributed by atoms with Gasteiger partial charge in [-0.25, -0.2) is 4.79 Å². The second-order valence-electron chi connectivity index (χ2n) is 4.40. The average Bonchev–Trinajstić information content (AvgIpc) is 2.87. The summed E-state index contributed by atoms with van der Waals surface area (Å²) in [5.74, 6) is -1.51. The van der Waals surface area contributed by atoms with Gasteiger partial charge in [-0.15, -0.1) is 0 Å². The average molecular weight is 259 g/mol. The lowest BCUT2D eigenvalue weighted by molar-refractivity contribution is -0.119. The summed E-state index contributed by atoms with van der Waals surface area (Å²) in [5, 5.41) is 18.0. The predicted molar refractivity (Wildman–Crippen MR) is 67.7 cm³/mol. The minimum absolute atomic E-state index is 0.0510. The van der Waals surface area contributed by atoms with E-state index < -0.39 is 17.9 Å². The molecule has 1 atom stereocenters. The molecule has 6 nitrogen and oxygen atoms in total. The number of nitriles is 1. The molecule has 98 valence electrons. The first-order valence-corrected chi connectivity index (χ1v) is 5.88. The highest BCUT2D eigenvalue weighted by Gasteiger charge is 2.30. The van der Waals surface area contributed by atoms with Crippen LogP contribution in [0.25, 0.3) is 0 Å². The highest BCUT2D eigenvalue weighted by molar-refractivity contribution is 5.90. The summed E-state index contributed by atoms with van der Waals surface area (Å²) in [6, 6.07) is 5.84. The van der Waals surface area contributed by atoms with Crippen LogP contribution in [0, 0.1) is 11.3 Å². The van der Waals surface area contributed by atoms with Crippen LogP contribution in [0.2, 0.25) is 0 Å². The Labute approximate surface area is 110 Å². The minimum Gasteiger partial charge on any atom is -0.478 e. The van der Waals surface area contributed by atoms with Crippen LogP contribution in [0.4, 0.5) is 5.69 Å². The molecule has 1 heterocycles. The molecule has 1 aliphatic heterocycles. The maximum Gasteiger partial charge on any atom is 0.335 e. The number of rotatable bonds is 3. The lowest BCUT2D eigenvalue weighted by Crippen LogP contribution is -2.40. The third kappa shape index (κ3) is 2.36. The first-order valence-electron chi connectivity index (χ1n) is 5.88. The van der Waals surface area contributed by atoms with Crippen molar-refractivity contribution in [3.63, 3.8) is 0 Å². The van der Waals surface area contributed by atoms with Gasteiger partial charge in [0.25, 0.3) is 0 Å². The summed E-state index contributed by atoms with van der Waals surface area (Å²) >= 11 is 0. The van der Waals surface area contributed by atoms with Gasteiger partial charge in [0.15, 0.2) is 0 Å². The van der Waals surface area contributed by atoms with Crippen LogP contribution in [-0.2, 0) is 4.79 Å². The van der Waals surface area contributed by atoms with Gasteiger partial charge in [-0.05, 0) is 31.0 Å². The van der Waals surface area contributed by atoms with Gasteiger partial charge in [0.2, 0.25) is 5.91 Å². The third-order valence-electron chi connectivity index (χ3n) is 3.25. The SMILES string of the molecule is N#Cc1cc(C(=O)O)ccc1N1CCCC1C(N)=O. The first kappa shape index (κ1) is 12.9. The van der Waals surface area contributed by atoms with Crippen molar-refractivity contribution < 1.29 is 14.7 Å². The number of hydrogen-bond acceptors (Lipinski definition) is 4. The molecule has 0 aliphatic carbocycles. The van der Waals surface area contributed by atoms with E-state index in [4.69, 9.17) is 16.1 Å². The van der Waals surface area contributed by atoms with Crippen molar-refractivity contribution in [3.8, 4) is 6.07 Å². The highest BCUT2D eigenvalue weighted by Crippen LogP contribution is 2.29. The van der Waals surface area contributed by atoms with Crippen LogP contribution in [0.1, 0.15) is 28.8 Å². The second-order valence-corrected chi connectivity index (χ2v) is 4.40. The molecular formula is C13H13N3O3. The summed E-state index contributed by atoms with van der Waals surface area (Å²) in [6.45, 7) is 0.634. The fraction of sp³-hybridized carbons (Fsp3) is 0.308. The minimum atomic E-state index is -1.09. The van der Waals surface area contributed by atoms with E-state index in [0.717, 1.165) is 6.42 Å². The zero-order valence-corrected chi connectivity index (χ0v) is 10.2. The number of benzene rings is 1. The summed E-state index contributed by atoms with van der Waals surface area (Å²) in [7, 11) is 0. The molecule has 3 N–H and O–H groups in total. The number of carboxylic acids is 1. The Morgan fingerprint density at radius 3 is 2.79 bits per heavy atom. The van der Waals surface area contributed by atoms with Gasteiger partial charge in [0, 0.05) is 6.54 Å². The normalized spacial score (nSPS) is 18.1.